The largest absolute Gasteiger partial charge is 0.382 e. The molecule has 2 aliphatic rings. The Bertz CT molecular complexity index is 229. The smallest absolute Gasteiger partial charge is 0.162 e. The minimum Gasteiger partial charge on any atom is -0.382 e. The van der Waals surface area contributed by atoms with E-state index in [1.54, 1.807) is 7.11 Å². The molecule has 0 unspecified atom stereocenters. The first-order valence-electron chi connectivity index (χ1n) is 5.91. The van der Waals surface area contributed by atoms with Crippen molar-refractivity contribution in [1.29, 1.82) is 0 Å². The van der Waals surface area contributed by atoms with Gasteiger partial charge in [0.2, 0.25) is 0 Å². The lowest BCUT2D eigenvalue weighted by atomic mass is 10.2. The molecular formula is C11H20N2O3. The second-order valence-corrected chi connectivity index (χ2v) is 4.12. The molecule has 0 saturated carbocycles. The summed E-state index contributed by atoms with van der Waals surface area (Å²) < 4.78 is 15.8. The van der Waals surface area contributed by atoms with Gasteiger partial charge < -0.3 is 14.2 Å². The zero-order valence-corrected chi connectivity index (χ0v) is 9.80. The zero-order valence-electron chi connectivity index (χ0n) is 9.80. The number of nitrogens with zero attached hydrogens (tertiary/aromatic N) is 2. The molecule has 2 saturated heterocycles. The van der Waals surface area contributed by atoms with Gasteiger partial charge in [-0.25, -0.2) is 0 Å². The van der Waals surface area contributed by atoms with E-state index in [2.05, 4.69) is 10.1 Å². The summed E-state index contributed by atoms with van der Waals surface area (Å²) in [4.78, 5) is 0. The van der Waals surface area contributed by atoms with Crippen LogP contribution in [-0.2, 0) is 14.2 Å². The molecule has 0 aliphatic carbocycles. The molecule has 0 radical (unpaired) electrons. The maximum absolute atomic E-state index is 5.34. The summed E-state index contributed by atoms with van der Waals surface area (Å²) in [6.07, 6.45) is 4.90. The van der Waals surface area contributed by atoms with Gasteiger partial charge in [-0.3, -0.25) is 5.01 Å². The Labute approximate surface area is 96.3 Å². The number of rotatable bonds is 5. The molecule has 0 aromatic heterocycles. The highest BCUT2D eigenvalue weighted by atomic mass is 16.7. The van der Waals surface area contributed by atoms with Gasteiger partial charge in [-0.2, -0.15) is 5.10 Å². The van der Waals surface area contributed by atoms with E-state index in [1.807, 2.05) is 6.21 Å². The quantitative estimate of drug-likeness (QED) is 0.654. The molecule has 2 heterocycles. The third-order valence-corrected chi connectivity index (χ3v) is 2.92. The van der Waals surface area contributed by atoms with Gasteiger partial charge in [0.1, 0.15) is 0 Å². The standard InChI is InChI=1S/C11H20N2O3/c1-14-9-10-3-2-6-13(10)12-5-4-11-15-7-8-16-11/h5,10-11H,2-4,6-9H2,1H3/b12-5+/t10-/m0/s1. The second kappa shape index (κ2) is 6.18. The third-order valence-electron chi connectivity index (χ3n) is 2.92. The van der Waals surface area contributed by atoms with E-state index in [-0.39, 0.29) is 6.29 Å². The fraction of sp³-hybridized carbons (Fsp3) is 0.909. The first kappa shape index (κ1) is 11.8. The van der Waals surface area contributed by atoms with Gasteiger partial charge >= 0.3 is 0 Å². The molecule has 5 nitrogen and oxygen atoms in total. The fourth-order valence-electron chi connectivity index (χ4n) is 2.12. The highest BCUT2D eigenvalue weighted by molar-refractivity contribution is 5.57. The molecule has 0 aromatic rings. The van der Waals surface area contributed by atoms with Crippen LogP contribution < -0.4 is 0 Å². The molecule has 92 valence electrons. The van der Waals surface area contributed by atoms with Crippen LogP contribution in [0.2, 0.25) is 0 Å². The third kappa shape index (κ3) is 3.17. The Morgan fingerprint density at radius 2 is 2.25 bits per heavy atom. The van der Waals surface area contributed by atoms with Crippen molar-refractivity contribution >= 4 is 6.21 Å². The van der Waals surface area contributed by atoms with E-state index in [4.69, 9.17) is 14.2 Å². The lowest BCUT2D eigenvalue weighted by molar-refractivity contribution is -0.0342. The second-order valence-electron chi connectivity index (χ2n) is 4.12. The van der Waals surface area contributed by atoms with Crippen molar-refractivity contribution in [3.63, 3.8) is 0 Å². The van der Waals surface area contributed by atoms with Crippen molar-refractivity contribution in [1.82, 2.24) is 5.01 Å². The van der Waals surface area contributed by atoms with Crippen LogP contribution in [0.15, 0.2) is 5.10 Å². The van der Waals surface area contributed by atoms with E-state index >= 15 is 0 Å². The highest BCUT2D eigenvalue weighted by Gasteiger charge is 2.22. The van der Waals surface area contributed by atoms with Gasteiger partial charge in [-0.1, -0.05) is 0 Å². The molecule has 16 heavy (non-hydrogen) atoms. The van der Waals surface area contributed by atoms with Crippen LogP contribution in [0.25, 0.3) is 0 Å². The molecule has 0 N–H and O–H groups in total. The molecule has 0 spiro atoms. The summed E-state index contributed by atoms with van der Waals surface area (Å²) in [6.45, 7) is 3.19. The highest BCUT2D eigenvalue weighted by Crippen LogP contribution is 2.17. The topological polar surface area (TPSA) is 43.3 Å². The zero-order chi connectivity index (χ0) is 11.2. The number of hydrazone groups is 1. The lowest BCUT2D eigenvalue weighted by Crippen LogP contribution is -2.28. The van der Waals surface area contributed by atoms with Crippen LogP contribution in [0, 0.1) is 0 Å². The molecule has 0 amide bonds. The Hall–Kier alpha value is -0.650. The predicted molar refractivity (Wildman–Crippen MR) is 60.4 cm³/mol. The van der Waals surface area contributed by atoms with Crippen molar-refractivity contribution in [3.8, 4) is 0 Å². The van der Waals surface area contributed by atoms with Crippen molar-refractivity contribution in [2.45, 2.75) is 31.6 Å². The summed E-state index contributed by atoms with van der Waals surface area (Å²) in [5, 5.41) is 6.56. The van der Waals surface area contributed by atoms with E-state index in [1.165, 1.54) is 12.8 Å². The number of hydrogen-bond donors (Lipinski definition) is 0. The molecule has 2 rings (SSSR count). The Kier molecular flexibility index (Phi) is 4.56. The molecule has 0 bridgehead atoms. The normalized spacial score (nSPS) is 27.3. The Morgan fingerprint density at radius 3 is 3.00 bits per heavy atom. The molecule has 2 fully saturated rings. The van der Waals surface area contributed by atoms with Crippen LogP contribution in [0.4, 0.5) is 0 Å². The predicted octanol–water partition coefficient (Wildman–Crippen LogP) is 0.846. The molecular weight excluding hydrogens is 208 g/mol. The molecule has 5 heteroatoms. The SMILES string of the molecule is COC[C@@H]1CCCN1/N=C/CC1OCCO1. The first-order chi connectivity index (χ1) is 7.90. The number of methoxy groups -OCH3 is 1. The van der Waals surface area contributed by atoms with E-state index in [9.17, 15) is 0 Å². The maximum Gasteiger partial charge on any atom is 0.162 e. The van der Waals surface area contributed by atoms with Gasteiger partial charge in [-0.15, -0.1) is 0 Å². The monoisotopic (exact) mass is 228 g/mol. The van der Waals surface area contributed by atoms with Crippen LogP contribution in [0.1, 0.15) is 19.3 Å². The average Bonchev–Trinajstić information content (AvgIpc) is 2.91. The van der Waals surface area contributed by atoms with Crippen molar-refractivity contribution in [2.75, 3.05) is 33.5 Å². The summed E-state index contributed by atoms with van der Waals surface area (Å²) in [5.41, 5.74) is 0. The minimum absolute atomic E-state index is 0.0905. The Balaban J connectivity index is 1.72. The summed E-state index contributed by atoms with van der Waals surface area (Å²) in [6, 6.07) is 0.437. The van der Waals surface area contributed by atoms with Crippen LogP contribution >= 0.6 is 0 Å². The summed E-state index contributed by atoms with van der Waals surface area (Å²) in [5.74, 6) is 0. The number of hydrogen-bond acceptors (Lipinski definition) is 5. The Morgan fingerprint density at radius 1 is 1.44 bits per heavy atom. The summed E-state index contributed by atoms with van der Waals surface area (Å²) >= 11 is 0. The van der Waals surface area contributed by atoms with Crippen molar-refractivity contribution in [2.24, 2.45) is 5.10 Å². The van der Waals surface area contributed by atoms with E-state index in [0.717, 1.165) is 19.6 Å². The van der Waals surface area contributed by atoms with Gasteiger partial charge in [0.05, 0.1) is 25.9 Å². The van der Waals surface area contributed by atoms with Gasteiger partial charge in [0.25, 0.3) is 0 Å². The van der Waals surface area contributed by atoms with Gasteiger partial charge in [-0.05, 0) is 12.8 Å². The van der Waals surface area contributed by atoms with E-state index < -0.39 is 0 Å². The molecule has 0 aromatic carbocycles. The first-order valence-corrected chi connectivity index (χ1v) is 5.91. The lowest BCUT2D eigenvalue weighted by Gasteiger charge is -2.20. The number of ether oxygens (including phenoxy) is 3. The van der Waals surface area contributed by atoms with E-state index in [0.29, 0.717) is 19.3 Å². The maximum atomic E-state index is 5.34. The van der Waals surface area contributed by atoms with Crippen molar-refractivity contribution in [3.05, 3.63) is 0 Å². The minimum atomic E-state index is -0.0905. The van der Waals surface area contributed by atoms with Crippen molar-refractivity contribution < 1.29 is 14.2 Å². The molecule has 1 atom stereocenters. The van der Waals surface area contributed by atoms with Crippen LogP contribution in [0.5, 0.6) is 0 Å². The average molecular weight is 228 g/mol. The van der Waals surface area contributed by atoms with Gasteiger partial charge in [0.15, 0.2) is 6.29 Å². The fourth-order valence-corrected chi connectivity index (χ4v) is 2.12. The van der Waals surface area contributed by atoms with Crippen LogP contribution in [-0.4, -0.2) is 57.0 Å². The van der Waals surface area contributed by atoms with Crippen LogP contribution in [0.3, 0.4) is 0 Å². The van der Waals surface area contributed by atoms with Gasteiger partial charge in [0, 0.05) is 26.3 Å². The molecule has 2 aliphatic heterocycles. The summed E-state index contributed by atoms with van der Waals surface area (Å²) in [7, 11) is 1.74.